The first-order valence-corrected chi connectivity index (χ1v) is 5.79. The SMILES string of the molecule is C#CCC(C)NC(=O)[C@@H]1Cc2ccccc2N1. The van der Waals surface area contributed by atoms with Crippen LogP contribution in [0.25, 0.3) is 0 Å². The Morgan fingerprint density at radius 3 is 3.12 bits per heavy atom. The zero-order valence-corrected chi connectivity index (χ0v) is 9.86. The van der Waals surface area contributed by atoms with Crippen LogP contribution in [0.4, 0.5) is 5.69 Å². The van der Waals surface area contributed by atoms with Crippen molar-refractivity contribution in [3.63, 3.8) is 0 Å². The van der Waals surface area contributed by atoms with Crippen LogP contribution < -0.4 is 10.6 Å². The van der Waals surface area contributed by atoms with E-state index in [0.717, 1.165) is 12.1 Å². The summed E-state index contributed by atoms with van der Waals surface area (Å²) >= 11 is 0. The highest BCUT2D eigenvalue weighted by Gasteiger charge is 2.26. The molecule has 1 aliphatic rings. The minimum atomic E-state index is -0.173. The van der Waals surface area contributed by atoms with Gasteiger partial charge in [-0.15, -0.1) is 12.3 Å². The molecule has 0 spiro atoms. The summed E-state index contributed by atoms with van der Waals surface area (Å²) in [6.07, 6.45) is 6.51. The highest BCUT2D eigenvalue weighted by atomic mass is 16.2. The van der Waals surface area contributed by atoms with E-state index in [4.69, 9.17) is 6.42 Å². The molecule has 0 aliphatic carbocycles. The van der Waals surface area contributed by atoms with Gasteiger partial charge in [-0.05, 0) is 18.6 Å². The summed E-state index contributed by atoms with van der Waals surface area (Å²) < 4.78 is 0. The van der Waals surface area contributed by atoms with Crippen molar-refractivity contribution in [2.24, 2.45) is 0 Å². The molecule has 2 N–H and O–H groups in total. The van der Waals surface area contributed by atoms with Gasteiger partial charge in [0.25, 0.3) is 0 Å². The first-order chi connectivity index (χ1) is 8.20. The lowest BCUT2D eigenvalue weighted by Crippen LogP contribution is -2.42. The predicted molar refractivity (Wildman–Crippen MR) is 68.6 cm³/mol. The van der Waals surface area contributed by atoms with Gasteiger partial charge in [-0.1, -0.05) is 18.2 Å². The molecular formula is C14H16N2O. The second-order valence-corrected chi connectivity index (χ2v) is 4.38. The molecule has 2 rings (SSSR count). The third-order valence-corrected chi connectivity index (χ3v) is 2.90. The Labute approximate surface area is 102 Å². The molecule has 1 amide bonds. The summed E-state index contributed by atoms with van der Waals surface area (Å²) in [6, 6.07) is 7.84. The largest absolute Gasteiger partial charge is 0.373 e. The summed E-state index contributed by atoms with van der Waals surface area (Å²) in [5, 5.41) is 6.13. The number of hydrogen-bond acceptors (Lipinski definition) is 2. The number of anilines is 1. The molecule has 0 saturated carbocycles. The van der Waals surface area contributed by atoms with Gasteiger partial charge in [0.2, 0.25) is 5.91 Å². The van der Waals surface area contributed by atoms with Gasteiger partial charge in [-0.2, -0.15) is 0 Å². The molecule has 0 fully saturated rings. The van der Waals surface area contributed by atoms with E-state index in [1.165, 1.54) is 5.56 Å². The molecule has 1 aliphatic heterocycles. The van der Waals surface area contributed by atoms with Gasteiger partial charge in [0, 0.05) is 24.6 Å². The van der Waals surface area contributed by atoms with E-state index in [0.29, 0.717) is 6.42 Å². The molecule has 3 nitrogen and oxygen atoms in total. The summed E-state index contributed by atoms with van der Waals surface area (Å²) in [4.78, 5) is 12.0. The first kappa shape index (κ1) is 11.5. The Bertz CT molecular complexity index is 437. The van der Waals surface area contributed by atoms with Crippen molar-refractivity contribution in [1.29, 1.82) is 0 Å². The number of terminal acetylenes is 1. The number of carbonyl (C=O) groups is 1. The maximum absolute atomic E-state index is 12.0. The maximum Gasteiger partial charge on any atom is 0.243 e. The third-order valence-electron chi connectivity index (χ3n) is 2.90. The fourth-order valence-electron chi connectivity index (χ4n) is 2.03. The standard InChI is InChI=1S/C14H16N2O/c1-3-6-10(2)15-14(17)13-9-11-7-4-5-8-12(11)16-13/h1,4-5,7-8,10,13,16H,6,9H2,2H3,(H,15,17)/t10?,13-/m0/s1. The van der Waals surface area contributed by atoms with E-state index in [9.17, 15) is 4.79 Å². The molecule has 0 aromatic heterocycles. The predicted octanol–water partition coefficient (Wildman–Crippen LogP) is 1.55. The third kappa shape index (κ3) is 2.59. The van der Waals surface area contributed by atoms with Crippen LogP contribution in [0.15, 0.2) is 24.3 Å². The van der Waals surface area contributed by atoms with Crippen molar-refractivity contribution in [1.82, 2.24) is 5.32 Å². The van der Waals surface area contributed by atoms with Crippen LogP contribution in [-0.2, 0) is 11.2 Å². The highest BCUT2D eigenvalue weighted by Crippen LogP contribution is 2.25. The van der Waals surface area contributed by atoms with Crippen LogP contribution in [0.1, 0.15) is 18.9 Å². The normalized spacial score (nSPS) is 18.7. The van der Waals surface area contributed by atoms with E-state index in [1.54, 1.807) is 0 Å². The average molecular weight is 228 g/mol. The average Bonchev–Trinajstić information content (AvgIpc) is 2.72. The molecule has 1 aromatic carbocycles. The van der Waals surface area contributed by atoms with Crippen LogP contribution in [-0.4, -0.2) is 18.0 Å². The van der Waals surface area contributed by atoms with Crippen LogP contribution in [0.3, 0.4) is 0 Å². The Hall–Kier alpha value is -1.95. The zero-order chi connectivity index (χ0) is 12.3. The summed E-state index contributed by atoms with van der Waals surface area (Å²) in [5.41, 5.74) is 2.24. The van der Waals surface area contributed by atoms with Crippen molar-refractivity contribution in [3.05, 3.63) is 29.8 Å². The number of hydrogen-bond donors (Lipinski definition) is 2. The van der Waals surface area contributed by atoms with Crippen LogP contribution in [0, 0.1) is 12.3 Å². The molecule has 0 bridgehead atoms. The van der Waals surface area contributed by atoms with Gasteiger partial charge in [-0.25, -0.2) is 0 Å². The lowest BCUT2D eigenvalue weighted by molar-refractivity contribution is -0.122. The molecule has 0 radical (unpaired) electrons. The molecule has 88 valence electrons. The molecule has 17 heavy (non-hydrogen) atoms. The lowest BCUT2D eigenvalue weighted by Gasteiger charge is -2.15. The zero-order valence-electron chi connectivity index (χ0n) is 9.86. The molecule has 0 saturated heterocycles. The van der Waals surface area contributed by atoms with Gasteiger partial charge in [0.15, 0.2) is 0 Å². The van der Waals surface area contributed by atoms with Crippen molar-refractivity contribution < 1.29 is 4.79 Å². The van der Waals surface area contributed by atoms with Gasteiger partial charge >= 0.3 is 0 Å². The molecule has 1 unspecified atom stereocenters. The van der Waals surface area contributed by atoms with Crippen molar-refractivity contribution in [2.75, 3.05) is 5.32 Å². The Morgan fingerprint density at radius 2 is 2.41 bits per heavy atom. The van der Waals surface area contributed by atoms with E-state index in [1.807, 2.05) is 31.2 Å². The number of para-hydroxylation sites is 1. The van der Waals surface area contributed by atoms with Crippen LogP contribution in [0.2, 0.25) is 0 Å². The molecule has 2 atom stereocenters. The minimum Gasteiger partial charge on any atom is -0.373 e. The van der Waals surface area contributed by atoms with E-state index < -0.39 is 0 Å². The fourth-order valence-corrected chi connectivity index (χ4v) is 2.03. The van der Waals surface area contributed by atoms with Gasteiger partial charge in [-0.3, -0.25) is 4.79 Å². The Morgan fingerprint density at radius 1 is 1.65 bits per heavy atom. The number of carbonyl (C=O) groups excluding carboxylic acids is 1. The maximum atomic E-state index is 12.0. The second-order valence-electron chi connectivity index (χ2n) is 4.38. The van der Waals surface area contributed by atoms with Crippen LogP contribution >= 0.6 is 0 Å². The number of nitrogens with one attached hydrogen (secondary N) is 2. The molecular weight excluding hydrogens is 212 g/mol. The minimum absolute atomic E-state index is 0.0175. The number of amides is 1. The number of rotatable bonds is 3. The Kier molecular flexibility index (Phi) is 3.34. The smallest absolute Gasteiger partial charge is 0.243 e. The van der Waals surface area contributed by atoms with Crippen molar-refractivity contribution >= 4 is 11.6 Å². The highest BCUT2D eigenvalue weighted by molar-refractivity contribution is 5.87. The number of benzene rings is 1. The van der Waals surface area contributed by atoms with Gasteiger partial charge in [0.1, 0.15) is 6.04 Å². The van der Waals surface area contributed by atoms with Gasteiger partial charge in [0.05, 0.1) is 0 Å². The second kappa shape index (κ2) is 4.92. The molecule has 1 heterocycles. The summed E-state index contributed by atoms with van der Waals surface area (Å²) in [7, 11) is 0. The molecule has 1 aromatic rings. The Balaban J connectivity index is 1.95. The quantitative estimate of drug-likeness (QED) is 0.771. The van der Waals surface area contributed by atoms with E-state index >= 15 is 0 Å². The van der Waals surface area contributed by atoms with Crippen molar-refractivity contribution in [3.8, 4) is 12.3 Å². The number of fused-ring (bicyclic) bond motifs is 1. The van der Waals surface area contributed by atoms with E-state index in [2.05, 4.69) is 16.6 Å². The first-order valence-electron chi connectivity index (χ1n) is 5.79. The lowest BCUT2D eigenvalue weighted by atomic mass is 10.1. The summed E-state index contributed by atoms with van der Waals surface area (Å²) in [6.45, 7) is 1.92. The van der Waals surface area contributed by atoms with E-state index in [-0.39, 0.29) is 18.0 Å². The van der Waals surface area contributed by atoms with Crippen molar-refractivity contribution in [2.45, 2.75) is 31.8 Å². The van der Waals surface area contributed by atoms with Gasteiger partial charge < -0.3 is 10.6 Å². The summed E-state index contributed by atoms with van der Waals surface area (Å²) in [5.74, 6) is 2.56. The molecule has 3 heteroatoms. The topological polar surface area (TPSA) is 41.1 Å². The monoisotopic (exact) mass is 228 g/mol. The fraction of sp³-hybridized carbons (Fsp3) is 0.357. The van der Waals surface area contributed by atoms with Crippen LogP contribution in [0.5, 0.6) is 0 Å².